The number of nitrogens with zero attached hydrogens (tertiary/aromatic N) is 1. The number of carbonyl (C=O) groups excluding carboxylic acids is 1. The predicted molar refractivity (Wildman–Crippen MR) is 96.4 cm³/mol. The molecule has 0 unspecified atom stereocenters. The first-order valence-electron chi connectivity index (χ1n) is 7.51. The van der Waals surface area contributed by atoms with Gasteiger partial charge in [0.2, 0.25) is 5.91 Å². The van der Waals surface area contributed by atoms with Crippen LogP contribution in [0, 0.1) is 11.3 Å². The molecule has 6 heteroatoms. The molecular weight excluding hydrogens is 340 g/mol. The van der Waals surface area contributed by atoms with Gasteiger partial charge in [-0.25, -0.2) is 0 Å². The van der Waals surface area contributed by atoms with Crippen molar-refractivity contribution < 1.29 is 14.3 Å². The Morgan fingerprint density at radius 2 is 2.08 bits per heavy atom. The van der Waals surface area contributed by atoms with Gasteiger partial charge in [0.05, 0.1) is 7.11 Å². The van der Waals surface area contributed by atoms with Crippen LogP contribution < -0.4 is 14.8 Å². The number of amides is 1. The van der Waals surface area contributed by atoms with Crippen LogP contribution in [0.15, 0.2) is 48.5 Å². The zero-order valence-corrected chi connectivity index (χ0v) is 14.4. The molecule has 2 aromatic rings. The first-order valence-corrected chi connectivity index (χ1v) is 7.89. The van der Waals surface area contributed by atoms with E-state index in [1.807, 2.05) is 24.3 Å². The van der Waals surface area contributed by atoms with Crippen LogP contribution in [0.3, 0.4) is 0 Å². The van der Waals surface area contributed by atoms with Crippen molar-refractivity contribution in [3.63, 3.8) is 0 Å². The molecule has 0 aliphatic carbocycles. The molecule has 0 fully saturated rings. The number of benzene rings is 2. The van der Waals surface area contributed by atoms with Crippen LogP contribution in [0.2, 0.25) is 5.02 Å². The molecule has 1 N–H and O–H groups in total. The Balaban J connectivity index is 1.97. The molecule has 0 radical (unpaired) electrons. The second-order valence-corrected chi connectivity index (χ2v) is 5.41. The molecule has 0 spiro atoms. The average Bonchev–Trinajstić information content (AvgIpc) is 2.64. The third-order valence-electron chi connectivity index (χ3n) is 3.32. The van der Waals surface area contributed by atoms with Gasteiger partial charge in [-0.15, -0.1) is 0 Å². The van der Waals surface area contributed by atoms with Gasteiger partial charge in [-0.1, -0.05) is 35.9 Å². The molecule has 5 nitrogen and oxygen atoms in total. The molecule has 0 heterocycles. The van der Waals surface area contributed by atoms with Crippen molar-refractivity contribution in [2.45, 2.75) is 6.54 Å². The number of halogens is 1. The summed E-state index contributed by atoms with van der Waals surface area (Å²) in [6.45, 7) is 0.295. The molecule has 1 amide bonds. The number of ether oxygens (including phenoxy) is 2. The number of methoxy groups -OCH3 is 1. The number of hydrogen-bond donors (Lipinski definition) is 1. The Hall–Kier alpha value is -2.97. The van der Waals surface area contributed by atoms with Gasteiger partial charge >= 0.3 is 0 Å². The van der Waals surface area contributed by atoms with Crippen LogP contribution in [-0.2, 0) is 11.3 Å². The Kier molecular flexibility index (Phi) is 6.87. The van der Waals surface area contributed by atoms with Crippen LogP contribution >= 0.6 is 11.6 Å². The maximum Gasteiger partial charge on any atom is 0.244 e. The number of nitriles is 1. The lowest BCUT2D eigenvalue weighted by Gasteiger charge is -2.08. The molecule has 0 aliphatic rings. The Bertz CT molecular complexity index is 813. The van der Waals surface area contributed by atoms with Crippen LogP contribution in [0.25, 0.3) is 6.08 Å². The molecule has 0 aromatic heterocycles. The smallest absolute Gasteiger partial charge is 0.244 e. The lowest BCUT2D eigenvalue weighted by Crippen LogP contribution is -2.20. The molecule has 25 heavy (non-hydrogen) atoms. The molecule has 0 atom stereocenters. The second kappa shape index (κ2) is 9.36. The van der Waals surface area contributed by atoms with Crippen molar-refractivity contribution >= 4 is 23.6 Å². The first kappa shape index (κ1) is 18.4. The van der Waals surface area contributed by atoms with Gasteiger partial charge in [0.25, 0.3) is 0 Å². The fourth-order valence-corrected chi connectivity index (χ4v) is 2.27. The fourth-order valence-electron chi connectivity index (χ4n) is 2.07. The summed E-state index contributed by atoms with van der Waals surface area (Å²) in [6.07, 6.45) is 3.10. The fraction of sp³-hybridized carbons (Fsp3) is 0.158. The number of hydrogen-bond acceptors (Lipinski definition) is 4. The summed E-state index contributed by atoms with van der Waals surface area (Å²) in [5.74, 6) is 0.738. The number of nitrogens with one attached hydrogen (secondary N) is 1. The maximum absolute atomic E-state index is 11.9. The van der Waals surface area contributed by atoms with E-state index in [9.17, 15) is 4.79 Å². The molecule has 2 aromatic carbocycles. The zero-order valence-electron chi connectivity index (χ0n) is 13.7. The van der Waals surface area contributed by atoms with E-state index < -0.39 is 0 Å². The standard InChI is InChI=1S/C19H17ClN2O3/c1-24-18-12-14(6-8-17(18)25-11-10-21)7-9-19(23)22-13-15-4-2-3-5-16(15)20/h2-9,12H,11,13H2,1H3,(H,22,23)/b9-7+. The van der Waals surface area contributed by atoms with Crippen LogP contribution in [0.5, 0.6) is 11.5 Å². The van der Waals surface area contributed by atoms with Crippen molar-refractivity contribution in [3.05, 3.63) is 64.7 Å². The van der Waals surface area contributed by atoms with E-state index in [2.05, 4.69) is 5.32 Å². The maximum atomic E-state index is 11.9. The summed E-state index contributed by atoms with van der Waals surface area (Å²) in [5, 5.41) is 12.0. The summed E-state index contributed by atoms with van der Waals surface area (Å²) in [7, 11) is 1.51. The van der Waals surface area contributed by atoms with E-state index in [1.165, 1.54) is 13.2 Å². The van der Waals surface area contributed by atoms with Crippen molar-refractivity contribution in [3.8, 4) is 17.6 Å². The highest BCUT2D eigenvalue weighted by atomic mass is 35.5. The van der Waals surface area contributed by atoms with E-state index in [0.29, 0.717) is 23.1 Å². The van der Waals surface area contributed by atoms with Crippen molar-refractivity contribution in [1.82, 2.24) is 5.32 Å². The molecular formula is C19H17ClN2O3. The van der Waals surface area contributed by atoms with Gasteiger partial charge in [-0.3, -0.25) is 4.79 Å². The zero-order chi connectivity index (χ0) is 18.1. The Morgan fingerprint density at radius 3 is 2.80 bits per heavy atom. The highest BCUT2D eigenvalue weighted by Gasteiger charge is 2.05. The quantitative estimate of drug-likeness (QED) is 0.770. The second-order valence-electron chi connectivity index (χ2n) is 5.00. The topological polar surface area (TPSA) is 71.3 Å². The van der Waals surface area contributed by atoms with Crippen LogP contribution in [0.1, 0.15) is 11.1 Å². The molecule has 128 valence electrons. The Morgan fingerprint density at radius 1 is 1.28 bits per heavy atom. The minimum Gasteiger partial charge on any atom is -0.493 e. The van der Waals surface area contributed by atoms with E-state index >= 15 is 0 Å². The van der Waals surface area contributed by atoms with Gasteiger partial charge in [0.1, 0.15) is 6.07 Å². The van der Waals surface area contributed by atoms with Crippen molar-refractivity contribution in [2.75, 3.05) is 13.7 Å². The van der Waals surface area contributed by atoms with Gasteiger partial charge in [0.15, 0.2) is 18.1 Å². The van der Waals surface area contributed by atoms with E-state index in [0.717, 1.165) is 11.1 Å². The largest absolute Gasteiger partial charge is 0.493 e. The lowest BCUT2D eigenvalue weighted by molar-refractivity contribution is -0.116. The monoisotopic (exact) mass is 356 g/mol. The Labute approximate surface area is 151 Å². The molecule has 0 aliphatic heterocycles. The summed E-state index contributed by atoms with van der Waals surface area (Å²) < 4.78 is 10.5. The SMILES string of the molecule is COc1cc(/C=C/C(=O)NCc2ccccc2Cl)ccc1OCC#N. The molecule has 0 saturated carbocycles. The summed E-state index contributed by atoms with van der Waals surface area (Å²) in [5.41, 5.74) is 1.63. The average molecular weight is 357 g/mol. The number of carbonyl (C=O) groups is 1. The summed E-state index contributed by atoms with van der Waals surface area (Å²) >= 11 is 6.05. The van der Waals surface area contributed by atoms with Crippen LogP contribution in [0.4, 0.5) is 0 Å². The highest BCUT2D eigenvalue weighted by molar-refractivity contribution is 6.31. The molecule has 0 bridgehead atoms. The third-order valence-corrected chi connectivity index (χ3v) is 3.69. The molecule has 2 rings (SSSR count). The summed E-state index contributed by atoms with van der Waals surface area (Å²) in [6, 6.07) is 14.4. The summed E-state index contributed by atoms with van der Waals surface area (Å²) in [4.78, 5) is 11.9. The minimum absolute atomic E-state index is 0.0595. The first-order chi connectivity index (χ1) is 12.1. The molecule has 0 saturated heterocycles. The van der Waals surface area contributed by atoms with Crippen molar-refractivity contribution in [2.24, 2.45) is 0 Å². The van der Waals surface area contributed by atoms with Gasteiger partial charge in [0, 0.05) is 17.6 Å². The third kappa shape index (κ3) is 5.55. The van der Waals surface area contributed by atoms with Crippen molar-refractivity contribution in [1.29, 1.82) is 5.26 Å². The minimum atomic E-state index is -0.233. The van der Waals surface area contributed by atoms with Gasteiger partial charge in [-0.05, 0) is 35.4 Å². The van der Waals surface area contributed by atoms with Crippen LogP contribution in [-0.4, -0.2) is 19.6 Å². The number of rotatable bonds is 7. The van der Waals surface area contributed by atoms with E-state index in [-0.39, 0.29) is 12.5 Å². The van der Waals surface area contributed by atoms with Gasteiger partial charge < -0.3 is 14.8 Å². The van der Waals surface area contributed by atoms with E-state index in [1.54, 1.807) is 30.3 Å². The van der Waals surface area contributed by atoms with E-state index in [4.69, 9.17) is 26.3 Å². The van der Waals surface area contributed by atoms with Gasteiger partial charge in [-0.2, -0.15) is 5.26 Å². The highest BCUT2D eigenvalue weighted by Crippen LogP contribution is 2.28. The lowest BCUT2D eigenvalue weighted by atomic mass is 10.2. The predicted octanol–water partition coefficient (Wildman–Crippen LogP) is 3.58. The normalized spacial score (nSPS) is 10.3.